The molecule has 0 heterocycles. The maximum atomic E-state index is 6.07. The lowest BCUT2D eigenvalue weighted by atomic mass is 10.2. The standard InChI is InChI=1S/C14H13BrClNO/c1-18-14-7-6-11(8-13(14)16)17-9-10-4-2-3-5-12(10)15/h2-8,17H,9H2,1H3. The molecule has 2 nitrogen and oxygen atoms in total. The smallest absolute Gasteiger partial charge is 0.137 e. The Morgan fingerprint density at radius 3 is 2.67 bits per heavy atom. The van der Waals surface area contributed by atoms with Gasteiger partial charge in [-0.3, -0.25) is 0 Å². The lowest BCUT2D eigenvalue weighted by molar-refractivity contribution is 0.415. The summed E-state index contributed by atoms with van der Waals surface area (Å²) in [5, 5.41) is 3.93. The summed E-state index contributed by atoms with van der Waals surface area (Å²) in [5.41, 5.74) is 2.17. The molecule has 0 amide bonds. The van der Waals surface area contributed by atoms with Crippen molar-refractivity contribution in [3.63, 3.8) is 0 Å². The fourth-order valence-electron chi connectivity index (χ4n) is 1.62. The van der Waals surface area contributed by atoms with E-state index >= 15 is 0 Å². The van der Waals surface area contributed by atoms with Crippen LogP contribution in [-0.2, 0) is 6.54 Å². The molecule has 2 aromatic rings. The summed E-state index contributed by atoms with van der Waals surface area (Å²) in [4.78, 5) is 0. The molecular formula is C14H13BrClNO. The average molecular weight is 327 g/mol. The summed E-state index contributed by atoms with van der Waals surface area (Å²) in [6.45, 7) is 0.740. The van der Waals surface area contributed by atoms with Gasteiger partial charge in [0.2, 0.25) is 0 Å². The number of methoxy groups -OCH3 is 1. The molecule has 0 radical (unpaired) electrons. The molecule has 18 heavy (non-hydrogen) atoms. The Kier molecular flexibility index (Phi) is 4.50. The van der Waals surface area contributed by atoms with E-state index in [4.69, 9.17) is 16.3 Å². The van der Waals surface area contributed by atoms with Crippen LogP contribution in [0.4, 0.5) is 5.69 Å². The van der Waals surface area contributed by atoms with Gasteiger partial charge in [-0.15, -0.1) is 0 Å². The van der Waals surface area contributed by atoms with Crippen LogP contribution < -0.4 is 10.1 Å². The Morgan fingerprint density at radius 2 is 2.00 bits per heavy atom. The Hall–Kier alpha value is -1.19. The first-order valence-electron chi connectivity index (χ1n) is 5.51. The minimum Gasteiger partial charge on any atom is -0.495 e. The summed E-state index contributed by atoms with van der Waals surface area (Å²) in [5.74, 6) is 0.683. The molecule has 0 aliphatic heterocycles. The van der Waals surface area contributed by atoms with Crippen LogP contribution in [0, 0.1) is 0 Å². The van der Waals surface area contributed by atoms with Crippen LogP contribution in [-0.4, -0.2) is 7.11 Å². The Morgan fingerprint density at radius 1 is 1.22 bits per heavy atom. The van der Waals surface area contributed by atoms with Gasteiger partial charge in [-0.2, -0.15) is 0 Å². The fraction of sp³-hybridized carbons (Fsp3) is 0.143. The molecule has 0 aliphatic carbocycles. The van der Waals surface area contributed by atoms with E-state index in [1.807, 2.05) is 36.4 Å². The predicted molar refractivity (Wildman–Crippen MR) is 79.5 cm³/mol. The number of hydrogen-bond donors (Lipinski definition) is 1. The summed E-state index contributed by atoms with van der Waals surface area (Å²) >= 11 is 9.59. The van der Waals surface area contributed by atoms with E-state index in [1.54, 1.807) is 7.11 Å². The van der Waals surface area contributed by atoms with Gasteiger partial charge < -0.3 is 10.1 Å². The van der Waals surface area contributed by atoms with Gasteiger partial charge >= 0.3 is 0 Å². The normalized spacial score (nSPS) is 10.2. The monoisotopic (exact) mass is 325 g/mol. The predicted octanol–water partition coefficient (Wildman–Crippen LogP) is 4.72. The third kappa shape index (κ3) is 3.18. The summed E-state index contributed by atoms with van der Waals surface area (Å²) in [7, 11) is 1.61. The van der Waals surface area contributed by atoms with Crippen LogP contribution in [0.1, 0.15) is 5.56 Å². The Bertz CT molecular complexity index is 545. The lowest BCUT2D eigenvalue weighted by Crippen LogP contribution is -2.00. The van der Waals surface area contributed by atoms with Gasteiger partial charge in [-0.05, 0) is 29.8 Å². The van der Waals surface area contributed by atoms with E-state index in [-0.39, 0.29) is 0 Å². The zero-order valence-electron chi connectivity index (χ0n) is 9.91. The molecule has 0 saturated carbocycles. The van der Waals surface area contributed by atoms with Gasteiger partial charge in [-0.25, -0.2) is 0 Å². The van der Waals surface area contributed by atoms with Crippen molar-refractivity contribution in [1.82, 2.24) is 0 Å². The third-order valence-electron chi connectivity index (χ3n) is 2.59. The molecule has 0 fully saturated rings. The molecule has 2 aromatic carbocycles. The van der Waals surface area contributed by atoms with Gasteiger partial charge in [0.15, 0.2) is 0 Å². The molecule has 94 valence electrons. The first kappa shape index (κ1) is 13.2. The number of anilines is 1. The minimum absolute atomic E-state index is 0.606. The van der Waals surface area contributed by atoms with Crippen molar-refractivity contribution >= 4 is 33.2 Å². The minimum atomic E-state index is 0.606. The number of ether oxygens (including phenoxy) is 1. The first-order chi connectivity index (χ1) is 8.70. The van der Waals surface area contributed by atoms with Crippen LogP contribution in [0.3, 0.4) is 0 Å². The van der Waals surface area contributed by atoms with Crippen LogP contribution in [0.5, 0.6) is 5.75 Å². The molecule has 0 aliphatic rings. The molecule has 4 heteroatoms. The molecular weight excluding hydrogens is 314 g/mol. The van der Waals surface area contributed by atoms with Crippen molar-refractivity contribution in [1.29, 1.82) is 0 Å². The molecule has 0 aromatic heterocycles. The molecule has 0 unspecified atom stereocenters. The number of halogens is 2. The lowest BCUT2D eigenvalue weighted by Gasteiger charge is -2.10. The van der Waals surface area contributed by atoms with Crippen LogP contribution in [0.25, 0.3) is 0 Å². The van der Waals surface area contributed by atoms with E-state index in [1.165, 1.54) is 5.56 Å². The summed E-state index contributed by atoms with van der Waals surface area (Å²) in [6, 6.07) is 13.8. The van der Waals surface area contributed by atoms with Crippen LogP contribution in [0.15, 0.2) is 46.9 Å². The molecule has 2 rings (SSSR count). The largest absolute Gasteiger partial charge is 0.495 e. The molecule has 1 N–H and O–H groups in total. The van der Waals surface area contributed by atoms with E-state index < -0.39 is 0 Å². The van der Waals surface area contributed by atoms with Crippen LogP contribution in [0.2, 0.25) is 5.02 Å². The highest BCUT2D eigenvalue weighted by Gasteiger charge is 2.02. The van der Waals surface area contributed by atoms with Crippen molar-refractivity contribution in [2.24, 2.45) is 0 Å². The van der Waals surface area contributed by atoms with Crippen molar-refractivity contribution in [3.05, 3.63) is 57.5 Å². The second-order valence-corrected chi connectivity index (χ2v) is 5.06. The zero-order chi connectivity index (χ0) is 13.0. The first-order valence-corrected chi connectivity index (χ1v) is 6.68. The molecule has 0 bridgehead atoms. The van der Waals surface area contributed by atoms with Crippen molar-refractivity contribution in [3.8, 4) is 5.75 Å². The Balaban J connectivity index is 2.07. The fourth-order valence-corrected chi connectivity index (χ4v) is 2.30. The second kappa shape index (κ2) is 6.12. The second-order valence-electron chi connectivity index (χ2n) is 3.79. The van der Waals surface area contributed by atoms with Crippen molar-refractivity contribution in [2.45, 2.75) is 6.54 Å². The number of rotatable bonds is 4. The van der Waals surface area contributed by atoms with E-state index in [0.717, 1.165) is 16.7 Å². The number of nitrogens with one attached hydrogen (secondary N) is 1. The topological polar surface area (TPSA) is 21.3 Å². The van der Waals surface area contributed by atoms with E-state index in [9.17, 15) is 0 Å². The SMILES string of the molecule is COc1ccc(NCc2ccccc2Br)cc1Cl. The Labute approximate surface area is 120 Å². The van der Waals surface area contributed by atoms with Crippen molar-refractivity contribution < 1.29 is 4.74 Å². The quantitative estimate of drug-likeness (QED) is 0.877. The van der Waals surface area contributed by atoms with Gasteiger partial charge in [0.25, 0.3) is 0 Å². The average Bonchev–Trinajstić information content (AvgIpc) is 2.38. The summed E-state index contributed by atoms with van der Waals surface area (Å²) in [6.07, 6.45) is 0. The van der Waals surface area contributed by atoms with E-state index in [0.29, 0.717) is 10.8 Å². The molecule has 0 atom stereocenters. The molecule has 0 spiro atoms. The maximum absolute atomic E-state index is 6.07. The van der Waals surface area contributed by atoms with Gasteiger partial charge in [0.1, 0.15) is 5.75 Å². The maximum Gasteiger partial charge on any atom is 0.137 e. The van der Waals surface area contributed by atoms with Crippen molar-refractivity contribution in [2.75, 3.05) is 12.4 Å². The highest BCUT2D eigenvalue weighted by Crippen LogP contribution is 2.27. The zero-order valence-corrected chi connectivity index (χ0v) is 12.3. The van der Waals surface area contributed by atoms with Crippen LogP contribution >= 0.6 is 27.5 Å². The van der Waals surface area contributed by atoms with Gasteiger partial charge in [0, 0.05) is 16.7 Å². The molecule has 0 saturated heterocycles. The summed E-state index contributed by atoms with van der Waals surface area (Å²) < 4.78 is 6.21. The highest BCUT2D eigenvalue weighted by molar-refractivity contribution is 9.10. The van der Waals surface area contributed by atoms with Gasteiger partial charge in [-0.1, -0.05) is 45.7 Å². The van der Waals surface area contributed by atoms with E-state index in [2.05, 4.69) is 27.3 Å². The van der Waals surface area contributed by atoms with Gasteiger partial charge in [0.05, 0.1) is 12.1 Å². The highest BCUT2D eigenvalue weighted by atomic mass is 79.9. The number of hydrogen-bond acceptors (Lipinski definition) is 2. The number of benzene rings is 2. The third-order valence-corrected chi connectivity index (χ3v) is 3.66.